The summed E-state index contributed by atoms with van der Waals surface area (Å²) in [6.45, 7) is -0.367. The van der Waals surface area contributed by atoms with Gasteiger partial charge < -0.3 is 24.6 Å². The third-order valence-corrected chi connectivity index (χ3v) is 3.48. The van der Waals surface area contributed by atoms with Crippen LogP contribution in [0.3, 0.4) is 0 Å². The van der Waals surface area contributed by atoms with E-state index in [-0.39, 0.29) is 18.9 Å². The summed E-state index contributed by atoms with van der Waals surface area (Å²) in [7, 11) is 3.01. The Morgan fingerprint density at radius 2 is 1.84 bits per heavy atom. The van der Waals surface area contributed by atoms with Crippen molar-refractivity contribution in [2.24, 2.45) is 0 Å². The maximum Gasteiger partial charge on any atom is 0.258 e. The van der Waals surface area contributed by atoms with Crippen LogP contribution in [-0.2, 0) is 4.79 Å². The zero-order chi connectivity index (χ0) is 18.2. The van der Waals surface area contributed by atoms with Crippen molar-refractivity contribution < 1.29 is 28.5 Å². The second-order valence-electron chi connectivity index (χ2n) is 5.15. The zero-order valence-corrected chi connectivity index (χ0v) is 14.0. The lowest BCUT2D eigenvalue weighted by molar-refractivity contribution is -0.123. The summed E-state index contributed by atoms with van der Waals surface area (Å²) in [5.41, 5.74) is 0.563. The molecule has 0 radical (unpaired) electrons. The smallest absolute Gasteiger partial charge is 0.258 e. The summed E-state index contributed by atoms with van der Waals surface area (Å²) in [6, 6.07) is 10.8. The van der Waals surface area contributed by atoms with Gasteiger partial charge in [0.05, 0.1) is 20.3 Å². The van der Waals surface area contributed by atoms with Crippen molar-refractivity contribution in [2.45, 2.75) is 6.10 Å². The van der Waals surface area contributed by atoms with Gasteiger partial charge in [0.1, 0.15) is 0 Å². The van der Waals surface area contributed by atoms with E-state index in [0.717, 1.165) is 0 Å². The first-order valence-electron chi connectivity index (χ1n) is 7.59. The van der Waals surface area contributed by atoms with Crippen LogP contribution >= 0.6 is 0 Å². The number of halogens is 1. The molecule has 1 amide bonds. The molecule has 0 aromatic heterocycles. The molecule has 2 N–H and O–H groups in total. The molecule has 1 atom stereocenters. The van der Waals surface area contributed by atoms with Crippen LogP contribution in [0, 0.1) is 5.82 Å². The Labute approximate surface area is 145 Å². The van der Waals surface area contributed by atoms with Crippen LogP contribution in [0.1, 0.15) is 11.7 Å². The molecule has 6 nitrogen and oxygen atoms in total. The number of ether oxygens (including phenoxy) is 3. The molecule has 134 valence electrons. The quantitative estimate of drug-likeness (QED) is 0.763. The van der Waals surface area contributed by atoms with Crippen LogP contribution in [0.5, 0.6) is 17.2 Å². The van der Waals surface area contributed by atoms with Gasteiger partial charge in [0.25, 0.3) is 5.91 Å². The highest BCUT2D eigenvalue weighted by molar-refractivity contribution is 5.77. The molecule has 0 bridgehead atoms. The monoisotopic (exact) mass is 349 g/mol. The number of amides is 1. The van der Waals surface area contributed by atoms with E-state index < -0.39 is 17.8 Å². The minimum absolute atomic E-state index is 0.00177. The normalized spacial score (nSPS) is 11.5. The molecule has 0 heterocycles. The van der Waals surface area contributed by atoms with E-state index in [2.05, 4.69) is 5.32 Å². The molecule has 1 unspecified atom stereocenters. The highest BCUT2D eigenvalue weighted by Crippen LogP contribution is 2.29. The Morgan fingerprint density at radius 1 is 1.12 bits per heavy atom. The van der Waals surface area contributed by atoms with Gasteiger partial charge in [-0.15, -0.1) is 0 Å². The van der Waals surface area contributed by atoms with Crippen molar-refractivity contribution in [3.05, 3.63) is 53.8 Å². The lowest BCUT2D eigenvalue weighted by atomic mass is 10.1. The number of hydrogen-bond donors (Lipinski definition) is 2. The Hall–Kier alpha value is -2.80. The van der Waals surface area contributed by atoms with Crippen LogP contribution in [0.25, 0.3) is 0 Å². The van der Waals surface area contributed by atoms with Gasteiger partial charge >= 0.3 is 0 Å². The molecule has 0 saturated carbocycles. The fourth-order valence-electron chi connectivity index (χ4n) is 2.14. The molecular weight excluding hydrogens is 329 g/mol. The molecule has 2 rings (SSSR count). The second kappa shape index (κ2) is 8.89. The van der Waals surface area contributed by atoms with Crippen molar-refractivity contribution in [2.75, 3.05) is 27.4 Å². The molecular formula is C18H20FNO5. The Morgan fingerprint density at radius 3 is 2.52 bits per heavy atom. The van der Waals surface area contributed by atoms with Gasteiger partial charge in [-0.1, -0.05) is 18.2 Å². The second-order valence-corrected chi connectivity index (χ2v) is 5.15. The van der Waals surface area contributed by atoms with Crippen molar-refractivity contribution in [1.29, 1.82) is 0 Å². The summed E-state index contributed by atoms with van der Waals surface area (Å²) in [4.78, 5) is 11.8. The van der Waals surface area contributed by atoms with Gasteiger partial charge in [-0.05, 0) is 29.8 Å². The number of methoxy groups -OCH3 is 2. The largest absolute Gasteiger partial charge is 0.493 e. The van der Waals surface area contributed by atoms with Gasteiger partial charge in [-0.2, -0.15) is 0 Å². The van der Waals surface area contributed by atoms with E-state index in [4.69, 9.17) is 14.2 Å². The summed E-state index contributed by atoms with van der Waals surface area (Å²) in [5, 5.41) is 12.7. The molecule has 0 fully saturated rings. The maximum atomic E-state index is 13.4. The molecule has 0 aliphatic heterocycles. The fraction of sp³-hybridized carbons (Fsp3) is 0.278. The van der Waals surface area contributed by atoms with Crippen LogP contribution in [-0.4, -0.2) is 38.4 Å². The summed E-state index contributed by atoms with van der Waals surface area (Å²) in [6.07, 6.45) is -0.933. The lowest BCUT2D eigenvalue weighted by Gasteiger charge is -2.15. The molecule has 2 aromatic carbocycles. The van der Waals surface area contributed by atoms with E-state index in [9.17, 15) is 14.3 Å². The van der Waals surface area contributed by atoms with E-state index in [1.54, 1.807) is 24.3 Å². The number of benzene rings is 2. The van der Waals surface area contributed by atoms with Crippen LogP contribution < -0.4 is 19.5 Å². The molecule has 0 aliphatic rings. The number of para-hydroxylation sites is 1. The SMILES string of the molecule is COc1ccc(C(O)CNC(=O)COc2ccccc2F)cc1OC. The minimum atomic E-state index is -0.933. The van der Waals surface area contributed by atoms with E-state index in [1.165, 1.54) is 32.4 Å². The van der Waals surface area contributed by atoms with Crippen molar-refractivity contribution in [1.82, 2.24) is 5.32 Å². The van der Waals surface area contributed by atoms with Gasteiger partial charge in [0.2, 0.25) is 0 Å². The zero-order valence-electron chi connectivity index (χ0n) is 14.0. The number of hydrogen-bond acceptors (Lipinski definition) is 5. The number of carbonyl (C=O) groups excluding carboxylic acids is 1. The van der Waals surface area contributed by atoms with E-state index in [1.807, 2.05) is 0 Å². The number of nitrogens with one attached hydrogen (secondary N) is 1. The summed E-state index contributed by atoms with van der Waals surface area (Å²) in [5.74, 6) is 0.00978. The molecule has 25 heavy (non-hydrogen) atoms. The molecule has 0 aliphatic carbocycles. The fourth-order valence-corrected chi connectivity index (χ4v) is 2.14. The maximum absolute atomic E-state index is 13.4. The Kier molecular flexibility index (Phi) is 6.59. The van der Waals surface area contributed by atoms with Crippen LogP contribution in [0.2, 0.25) is 0 Å². The highest BCUT2D eigenvalue weighted by Gasteiger charge is 2.13. The van der Waals surface area contributed by atoms with Gasteiger partial charge in [-0.25, -0.2) is 4.39 Å². The first-order valence-corrected chi connectivity index (χ1v) is 7.59. The molecule has 7 heteroatoms. The molecule has 2 aromatic rings. The number of carbonyl (C=O) groups is 1. The number of aliphatic hydroxyl groups excluding tert-OH is 1. The van der Waals surface area contributed by atoms with Gasteiger partial charge in [-0.3, -0.25) is 4.79 Å². The first kappa shape index (κ1) is 18.5. The lowest BCUT2D eigenvalue weighted by Crippen LogP contribution is -2.32. The third kappa shape index (κ3) is 5.09. The summed E-state index contributed by atoms with van der Waals surface area (Å²) < 4.78 is 28.8. The Bertz CT molecular complexity index is 722. The first-order chi connectivity index (χ1) is 12.0. The number of aliphatic hydroxyl groups is 1. The minimum Gasteiger partial charge on any atom is -0.493 e. The standard InChI is InChI=1S/C18H20FNO5/c1-23-16-8-7-12(9-17(16)24-2)14(21)10-20-18(22)11-25-15-6-4-3-5-13(15)19/h3-9,14,21H,10-11H2,1-2H3,(H,20,22). The third-order valence-electron chi connectivity index (χ3n) is 3.48. The van der Waals surface area contributed by atoms with E-state index >= 15 is 0 Å². The molecule has 0 saturated heterocycles. The van der Waals surface area contributed by atoms with Crippen LogP contribution in [0.4, 0.5) is 4.39 Å². The average molecular weight is 349 g/mol. The van der Waals surface area contributed by atoms with Crippen molar-refractivity contribution in [3.63, 3.8) is 0 Å². The predicted octanol–water partition coefficient (Wildman–Crippen LogP) is 2.07. The Balaban J connectivity index is 1.86. The molecule has 0 spiro atoms. The van der Waals surface area contributed by atoms with Crippen molar-refractivity contribution in [3.8, 4) is 17.2 Å². The van der Waals surface area contributed by atoms with Crippen LogP contribution in [0.15, 0.2) is 42.5 Å². The van der Waals surface area contributed by atoms with Gasteiger partial charge in [0, 0.05) is 6.54 Å². The predicted molar refractivity (Wildman–Crippen MR) is 89.4 cm³/mol. The highest BCUT2D eigenvalue weighted by atomic mass is 19.1. The van der Waals surface area contributed by atoms with Crippen molar-refractivity contribution >= 4 is 5.91 Å². The topological polar surface area (TPSA) is 77.0 Å². The average Bonchev–Trinajstić information content (AvgIpc) is 2.64. The summed E-state index contributed by atoms with van der Waals surface area (Å²) >= 11 is 0. The van der Waals surface area contributed by atoms with Gasteiger partial charge in [0.15, 0.2) is 29.7 Å². The van der Waals surface area contributed by atoms with E-state index in [0.29, 0.717) is 17.1 Å². The number of rotatable bonds is 8.